The monoisotopic (exact) mass is 370 g/mol. The highest BCUT2D eigenvalue weighted by Crippen LogP contribution is 2.31. The van der Waals surface area contributed by atoms with Crippen molar-refractivity contribution in [2.45, 2.75) is 25.2 Å². The maximum Gasteiger partial charge on any atom is 0.227 e. The molecule has 0 saturated carbocycles. The van der Waals surface area contributed by atoms with Gasteiger partial charge in [0.1, 0.15) is 5.82 Å². The van der Waals surface area contributed by atoms with Crippen molar-refractivity contribution >= 4 is 5.91 Å². The van der Waals surface area contributed by atoms with Gasteiger partial charge in [-0.05, 0) is 48.4 Å². The highest BCUT2D eigenvalue weighted by molar-refractivity contribution is 5.80. The van der Waals surface area contributed by atoms with E-state index in [1.807, 2.05) is 36.5 Å². The predicted octanol–water partition coefficient (Wildman–Crippen LogP) is 2.34. The first-order valence-electron chi connectivity index (χ1n) is 9.82. The Morgan fingerprint density at radius 1 is 1.22 bits per heavy atom. The third-order valence-electron chi connectivity index (χ3n) is 6.05. The summed E-state index contributed by atoms with van der Waals surface area (Å²) in [7, 11) is 1.91. The van der Waals surface area contributed by atoms with Gasteiger partial charge in [-0.25, -0.2) is 4.39 Å². The lowest BCUT2D eigenvalue weighted by molar-refractivity contribution is -0.136. The van der Waals surface area contributed by atoms with Crippen LogP contribution in [0.15, 0.2) is 36.7 Å². The van der Waals surface area contributed by atoms with Crippen LogP contribution in [0.4, 0.5) is 4.39 Å². The van der Waals surface area contributed by atoms with Gasteiger partial charge < -0.3 is 10.2 Å². The molecule has 0 unspecified atom stereocenters. The van der Waals surface area contributed by atoms with Crippen molar-refractivity contribution in [1.29, 1.82) is 0 Å². The summed E-state index contributed by atoms with van der Waals surface area (Å²) in [5.74, 6) is 0.864. The number of carbonyl (C=O) groups is 1. The fourth-order valence-electron chi connectivity index (χ4n) is 4.47. The number of piperidine rings is 1. The fourth-order valence-corrected chi connectivity index (χ4v) is 4.47. The summed E-state index contributed by atoms with van der Waals surface area (Å²) in [6.45, 7) is 3.22. The molecular weight excluding hydrogens is 343 g/mol. The molecular formula is C21H27FN4O. The molecule has 2 saturated heterocycles. The number of carbonyl (C=O) groups excluding carboxylic acids is 1. The minimum absolute atomic E-state index is 0.00264. The molecule has 3 heterocycles. The fraction of sp³-hybridized carbons (Fsp3) is 0.524. The van der Waals surface area contributed by atoms with E-state index in [2.05, 4.69) is 10.4 Å². The van der Waals surface area contributed by atoms with E-state index in [1.54, 1.807) is 4.68 Å². The van der Waals surface area contributed by atoms with Gasteiger partial charge in [-0.1, -0.05) is 12.1 Å². The number of halogens is 1. The number of nitrogens with zero attached hydrogens (tertiary/aromatic N) is 3. The van der Waals surface area contributed by atoms with Gasteiger partial charge in [0.2, 0.25) is 5.91 Å². The number of amides is 1. The van der Waals surface area contributed by atoms with Crippen molar-refractivity contribution in [3.05, 3.63) is 53.6 Å². The molecule has 0 radical (unpaired) electrons. The Labute approximate surface area is 159 Å². The second kappa shape index (κ2) is 7.80. The third kappa shape index (κ3) is 4.05. The molecule has 2 aliphatic heterocycles. The van der Waals surface area contributed by atoms with Crippen LogP contribution < -0.4 is 5.32 Å². The maximum atomic E-state index is 13.1. The standard InChI is InChI=1S/C21H27FN4O/c1-25-14-17(11-24-25)19-12-23-13-20(19)21(27)26-8-6-16(7-9-26)10-15-2-4-18(22)5-3-15/h2-5,11,14,16,19-20,23H,6-10,12-13H2,1H3/t19-,20+/m1/s1. The Hall–Kier alpha value is -2.21. The quantitative estimate of drug-likeness (QED) is 0.899. The van der Waals surface area contributed by atoms with Gasteiger partial charge in [0.25, 0.3) is 0 Å². The van der Waals surface area contributed by atoms with E-state index in [-0.39, 0.29) is 23.6 Å². The molecule has 2 fully saturated rings. The van der Waals surface area contributed by atoms with Crippen LogP contribution in [0, 0.1) is 17.7 Å². The number of rotatable bonds is 4. The van der Waals surface area contributed by atoms with Crippen molar-refractivity contribution in [2.75, 3.05) is 26.2 Å². The van der Waals surface area contributed by atoms with Crippen LogP contribution in [0.1, 0.15) is 29.9 Å². The van der Waals surface area contributed by atoms with Crippen LogP contribution in [0.5, 0.6) is 0 Å². The van der Waals surface area contributed by atoms with Crippen molar-refractivity contribution in [3.63, 3.8) is 0 Å². The Balaban J connectivity index is 1.33. The normalized spacial score (nSPS) is 23.7. The van der Waals surface area contributed by atoms with E-state index in [4.69, 9.17) is 0 Å². The van der Waals surface area contributed by atoms with E-state index in [0.717, 1.165) is 51.0 Å². The lowest BCUT2D eigenvalue weighted by Gasteiger charge is -2.34. The highest BCUT2D eigenvalue weighted by Gasteiger charge is 2.37. The molecule has 1 aromatic heterocycles. The third-order valence-corrected chi connectivity index (χ3v) is 6.05. The average molecular weight is 370 g/mol. The number of benzene rings is 1. The number of likely N-dealkylation sites (tertiary alicyclic amines) is 1. The van der Waals surface area contributed by atoms with Gasteiger partial charge in [-0.2, -0.15) is 5.10 Å². The topological polar surface area (TPSA) is 50.2 Å². The molecule has 1 N–H and O–H groups in total. The summed E-state index contributed by atoms with van der Waals surface area (Å²) >= 11 is 0. The molecule has 0 spiro atoms. The summed E-state index contributed by atoms with van der Waals surface area (Å²) in [6, 6.07) is 6.80. The largest absolute Gasteiger partial charge is 0.342 e. The van der Waals surface area contributed by atoms with Crippen molar-refractivity contribution in [3.8, 4) is 0 Å². The lowest BCUT2D eigenvalue weighted by Crippen LogP contribution is -2.43. The molecule has 2 aliphatic rings. The molecule has 6 heteroatoms. The first-order valence-corrected chi connectivity index (χ1v) is 9.82. The molecule has 1 aromatic carbocycles. The van der Waals surface area contributed by atoms with Gasteiger partial charge >= 0.3 is 0 Å². The highest BCUT2D eigenvalue weighted by atomic mass is 19.1. The zero-order valence-corrected chi connectivity index (χ0v) is 15.8. The number of hydrogen-bond donors (Lipinski definition) is 1. The average Bonchev–Trinajstić information content (AvgIpc) is 3.32. The van der Waals surface area contributed by atoms with E-state index in [0.29, 0.717) is 5.92 Å². The SMILES string of the molecule is Cn1cc([C@H]2CNC[C@@H]2C(=O)N2CCC(Cc3ccc(F)cc3)CC2)cn1. The van der Waals surface area contributed by atoms with Crippen LogP contribution in [0.2, 0.25) is 0 Å². The Kier molecular flexibility index (Phi) is 5.25. The van der Waals surface area contributed by atoms with Gasteiger partial charge in [0.05, 0.1) is 12.1 Å². The van der Waals surface area contributed by atoms with Crippen molar-refractivity contribution in [2.24, 2.45) is 18.9 Å². The van der Waals surface area contributed by atoms with Crippen LogP contribution in [0.25, 0.3) is 0 Å². The molecule has 27 heavy (non-hydrogen) atoms. The zero-order chi connectivity index (χ0) is 18.8. The van der Waals surface area contributed by atoms with E-state index >= 15 is 0 Å². The second-order valence-electron chi connectivity index (χ2n) is 7.92. The lowest BCUT2D eigenvalue weighted by atomic mass is 9.87. The Morgan fingerprint density at radius 2 is 1.96 bits per heavy atom. The summed E-state index contributed by atoms with van der Waals surface area (Å²) in [5, 5.41) is 7.64. The summed E-state index contributed by atoms with van der Waals surface area (Å²) in [5.41, 5.74) is 2.32. The molecule has 2 aromatic rings. The van der Waals surface area contributed by atoms with E-state index in [9.17, 15) is 9.18 Å². The minimum atomic E-state index is -0.187. The van der Waals surface area contributed by atoms with Crippen molar-refractivity contribution < 1.29 is 9.18 Å². The second-order valence-corrected chi connectivity index (χ2v) is 7.92. The van der Waals surface area contributed by atoms with Gasteiger partial charge in [0, 0.05) is 45.3 Å². The molecule has 1 amide bonds. The number of aromatic nitrogens is 2. The van der Waals surface area contributed by atoms with Crippen LogP contribution in [-0.2, 0) is 18.3 Å². The molecule has 0 aliphatic carbocycles. The summed E-state index contributed by atoms with van der Waals surface area (Å²) < 4.78 is 14.9. The molecule has 2 atom stereocenters. The van der Waals surface area contributed by atoms with Crippen LogP contribution in [0.3, 0.4) is 0 Å². The maximum absolute atomic E-state index is 13.1. The van der Waals surface area contributed by atoms with Gasteiger partial charge in [0.15, 0.2) is 0 Å². The van der Waals surface area contributed by atoms with E-state index < -0.39 is 0 Å². The number of aryl methyl sites for hydroxylation is 1. The summed E-state index contributed by atoms with van der Waals surface area (Å²) in [4.78, 5) is 15.2. The first kappa shape index (κ1) is 18.2. The minimum Gasteiger partial charge on any atom is -0.342 e. The Morgan fingerprint density at radius 3 is 2.63 bits per heavy atom. The summed E-state index contributed by atoms with van der Waals surface area (Å²) in [6.07, 6.45) is 6.90. The smallest absolute Gasteiger partial charge is 0.227 e. The number of nitrogens with one attached hydrogen (secondary N) is 1. The molecule has 144 valence electrons. The van der Waals surface area contributed by atoms with Crippen LogP contribution >= 0.6 is 0 Å². The van der Waals surface area contributed by atoms with Gasteiger partial charge in [-0.3, -0.25) is 9.48 Å². The predicted molar refractivity (Wildman–Crippen MR) is 102 cm³/mol. The number of hydrogen-bond acceptors (Lipinski definition) is 3. The van der Waals surface area contributed by atoms with Crippen LogP contribution in [-0.4, -0.2) is 46.8 Å². The molecule has 0 bridgehead atoms. The Bertz CT molecular complexity index is 780. The first-order chi connectivity index (χ1) is 13.1. The van der Waals surface area contributed by atoms with E-state index in [1.165, 1.54) is 17.7 Å². The molecule has 4 rings (SSSR count). The van der Waals surface area contributed by atoms with Gasteiger partial charge in [-0.15, -0.1) is 0 Å². The van der Waals surface area contributed by atoms with Crippen molar-refractivity contribution in [1.82, 2.24) is 20.0 Å². The molecule has 5 nitrogen and oxygen atoms in total. The zero-order valence-electron chi connectivity index (χ0n) is 15.8.